The summed E-state index contributed by atoms with van der Waals surface area (Å²) in [5, 5.41) is 0. The van der Waals surface area contributed by atoms with Gasteiger partial charge >= 0.3 is 5.97 Å². The van der Waals surface area contributed by atoms with E-state index in [4.69, 9.17) is 4.74 Å². The molecule has 0 aliphatic carbocycles. The maximum Gasteiger partial charge on any atom is 0.308 e. The molecule has 7 heteroatoms. The van der Waals surface area contributed by atoms with Crippen molar-refractivity contribution in [3.63, 3.8) is 0 Å². The Bertz CT molecular complexity index is 1210. The zero-order chi connectivity index (χ0) is 23.3. The monoisotopic (exact) mass is 451 g/mol. The van der Waals surface area contributed by atoms with Crippen LogP contribution in [0.1, 0.15) is 25.0 Å². The molecule has 2 aromatic rings. The highest BCUT2D eigenvalue weighted by molar-refractivity contribution is 7.89. The van der Waals surface area contributed by atoms with Crippen molar-refractivity contribution in [2.75, 3.05) is 13.1 Å². The molecule has 0 saturated heterocycles. The summed E-state index contributed by atoms with van der Waals surface area (Å²) in [5.41, 5.74) is 2.49. The Balaban J connectivity index is 2.21. The van der Waals surface area contributed by atoms with Crippen molar-refractivity contribution in [2.24, 2.45) is 0 Å². The normalized spacial score (nSPS) is 20.8. The number of carbonyl (C=O) groups excluding carboxylic acids is 2. The number of sulfonamides is 1. The first-order chi connectivity index (χ1) is 15.2. The average molecular weight is 452 g/mol. The van der Waals surface area contributed by atoms with E-state index in [1.54, 1.807) is 49.4 Å². The van der Waals surface area contributed by atoms with Crippen LogP contribution < -0.4 is 0 Å². The molecule has 0 N–H and O–H groups in total. The molecule has 0 saturated carbocycles. The van der Waals surface area contributed by atoms with Gasteiger partial charge in [-0.3, -0.25) is 9.59 Å². The van der Waals surface area contributed by atoms with Crippen LogP contribution in [0.25, 0.3) is 5.57 Å². The van der Waals surface area contributed by atoms with Gasteiger partial charge in [0.25, 0.3) is 0 Å². The maximum absolute atomic E-state index is 13.5. The van der Waals surface area contributed by atoms with E-state index in [1.165, 1.54) is 19.1 Å². The van der Waals surface area contributed by atoms with Gasteiger partial charge in [0, 0.05) is 19.0 Å². The lowest BCUT2D eigenvalue weighted by Gasteiger charge is -2.25. The van der Waals surface area contributed by atoms with E-state index in [2.05, 4.69) is 0 Å². The molecule has 166 valence electrons. The first-order valence-electron chi connectivity index (χ1n) is 10.1. The minimum Gasteiger partial charge on any atom is -0.426 e. The third kappa shape index (κ3) is 5.49. The summed E-state index contributed by atoms with van der Waals surface area (Å²) in [6, 6.07) is 15.5. The molecular formula is C25H25NO5S. The van der Waals surface area contributed by atoms with E-state index in [0.717, 1.165) is 9.87 Å². The van der Waals surface area contributed by atoms with E-state index >= 15 is 0 Å². The predicted octanol–water partition coefficient (Wildman–Crippen LogP) is 4.05. The number of ether oxygens (including phenoxy) is 1. The summed E-state index contributed by atoms with van der Waals surface area (Å²) >= 11 is 0. The molecule has 0 atom stereocenters. The quantitative estimate of drug-likeness (QED) is 0.656. The summed E-state index contributed by atoms with van der Waals surface area (Å²) < 4.78 is 33.6. The first-order valence-corrected chi connectivity index (χ1v) is 11.5. The molecular weight excluding hydrogens is 426 g/mol. The van der Waals surface area contributed by atoms with Gasteiger partial charge in [0.2, 0.25) is 10.0 Å². The average Bonchev–Trinajstić information content (AvgIpc) is 2.76. The molecule has 0 aromatic heterocycles. The minimum absolute atomic E-state index is 0.0894. The number of Topliss-reactive ketones (excluding diaryl/α,β-unsaturated/α-hetero) is 1. The van der Waals surface area contributed by atoms with Crippen LogP contribution in [0.15, 0.2) is 89.1 Å². The third-order valence-electron chi connectivity index (χ3n) is 5.02. The number of allylic oxidation sites excluding steroid dienone is 3. The molecule has 2 aromatic carbocycles. The van der Waals surface area contributed by atoms with Gasteiger partial charge < -0.3 is 4.74 Å². The minimum atomic E-state index is -4.01. The topological polar surface area (TPSA) is 80.8 Å². The second-order valence-corrected chi connectivity index (χ2v) is 9.46. The lowest BCUT2D eigenvalue weighted by molar-refractivity contribution is -0.136. The number of ketones is 1. The Labute approximate surface area is 188 Å². The standard InChI is InChI=1S/C25H25NO5S/c1-18-12-14-22(15-13-18)32(29,30)26-16-23(21-9-5-4-6-10-21)25(31-20(3)27)11-7-8-19(2)24(28)17-26/h4-15H,16-17H2,1-3H3/b11-7+,19-8-,25-23-. The zero-order valence-electron chi connectivity index (χ0n) is 18.2. The Hall–Kier alpha value is -3.29. The summed E-state index contributed by atoms with van der Waals surface area (Å²) in [7, 11) is -4.01. The van der Waals surface area contributed by atoms with Crippen LogP contribution in [0.5, 0.6) is 0 Å². The fraction of sp³-hybridized carbons (Fsp3) is 0.200. The lowest BCUT2D eigenvalue weighted by atomic mass is 10.0. The van der Waals surface area contributed by atoms with Crippen molar-refractivity contribution in [3.05, 3.63) is 95.3 Å². The molecule has 1 aliphatic heterocycles. The largest absolute Gasteiger partial charge is 0.426 e. The number of aryl methyl sites for hydroxylation is 1. The van der Waals surface area contributed by atoms with E-state index in [1.807, 2.05) is 25.1 Å². The van der Waals surface area contributed by atoms with Crippen molar-refractivity contribution < 1.29 is 22.7 Å². The van der Waals surface area contributed by atoms with Crippen molar-refractivity contribution >= 4 is 27.3 Å². The fourth-order valence-corrected chi connectivity index (χ4v) is 4.59. The van der Waals surface area contributed by atoms with Gasteiger partial charge in [-0.05, 0) is 43.2 Å². The highest BCUT2D eigenvalue weighted by Crippen LogP contribution is 2.27. The van der Waals surface area contributed by atoms with E-state index in [-0.39, 0.29) is 29.5 Å². The van der Waals surface area contributed by atoms with Gasteiger partial charge in [0.05, 0.1) is 11.4 Å². The van der Waals surface area contributed by atoms with Gasteiger partial charge in [-0.25, -0.2) is 8.42 Å². The molecule has 0 amide bonds. The molecule has 3 rings (SSSR count). The molecule has 0 fully saturated rings. The molecule has 0 spiro atoms. The van der Waals surface area contributed by atoms with Gasteiger partial charge in [-0.15, -0.1) is 0 Å². The Morgan fingerprint density at radius 1 is 0.969 bits per heavy atom. The van der Waals surface area contributed by atoms with Crippen molar-refractivity contribution in [1.82, 2.24) is 4.31 Å². The highest BCUT2D eigenvalue weighted by Gasteiger charge is 2.29. The molecule has 0 unspecified atom stereocenters. The number of rotatable bonds is 4. The number of hydrogen-bond acceptors (Lipinski definition) is 5. The lowest BCUT2D eigenvalue weighted by Crippen LogP contribution is -2.37. The SMILES string of the molecule is CC(=O)OC1=C(/c2ccccc2)CN(S(=O)(=O)c2ccc(C)cc2)CC(=O)\C(C)=C/C=C/1. The van der Waals surface area contributed by atoms with Crippen LogP contribution in [0.3, 0.4) is 0 Å². The van der Waals surface area contributed by atoms with Crippen LogP contribution in [0, 0.1) is 6.92 Å². The number of nitrogens with zero attached hydrogens (tertiary/aromatic N) is 1. The van der Waals surface area contributed by atoms with Crippen LogP contribution >= 0.6 is 0 Å². The van der Waals surface area contributed by atoms with E-state index in [0.29, 0.717) is 16.7 Å². The zero-order valence-corrected chi connectivity index (χ0v) is 19.1. The van der Waals surface area contributed by atoms with Crippen LogP contribution in [0.2, 0.25) is 0 Å². The second kappa shape index (κ2) is 9.89. The smallest absolute Gasteiger partial charge is 0.308 e. The molecule has 1 heterocycles. The molecule has 0 bridgehead atoms. The number of esters is 1. The predicted molar refractivity (Wildman–Crippen MR) is 123 cm³/mol. The van der Waals surface area contributed by atoms with Gasteiger partial charge in [-0.2, -0.15) is 4.31 Å². The van der Waals surface area contributed by atoms with Gasteiger partial charge in [-0.1, -0.05) is 60.2 Å². The summed E-state index contributed by atoms with van der Waals surface area (Å²) in [4.78, 5) is 24.7. The molecule has 0 radical (unpaired) electrons. The Morgan fingerprint density at radius 3 is 2.25 bits per heavy atom. The highest BCUT2D eigenvalue weighted by atomic mass is 32.2. The molecule has 1 aliphatic rings. The fourth-order valence-electron chi connectivity index (χ4n) is 3.22. The summed E-state index contributed by atoms with van der Waals surface area (Å²) in [5.74, 6) is -0.611. The maximum atomic E-state index is 13.5. The van der Waals surface area contributed by atoms with E-state index < -0.39 is 16.0 Å². The summed E-state index contributed by atoms with van der Waals surface area (Å²) in [6.45, 7) is 4.29. The van der Waals surface area contributed by atoms with Gasteiger partial charge in [0.15, 0.2) is 5.78 Å². The number of benzene rings is 2. The first kappa shape index (κ1) is 23.4. The molecule has 6 nitrogen and oxygen atoms in total. The van der Waals surface area contributed by atoms with Crippen LogP contribution in [-0.2, 0) is 24.3 Å². The Kier molecular flexibility index (Phi) is 7.22. The Morgan fingerprint density at radius 2 is 1.62 bits per heavy atom. The molecule has 32 heavy (non-hydrogen) atoms. The number of hydrogen-bond donors (Lipinski definition) is 0. The van der Waals surface area contributed by atoms with Crippen LogP contribution in [-0.4, -0.2) is 37.6 Å². The van der Waals surface area contributed by atoms with Crippen molar-refractivity contribution in [2.45, 2.75) is 25.7 Å². The summed E-state index contributed by atoms with van der Waals surface area (Å²) in [6.07, 6.45) is 4.78. The van der Waals surface area contributed by atoms with Gasteiger partial charge in [0.1, 0.15) is 5.76 Å². The van der Waals surface area contributed by atoms with E-state index in [9.17, 15) is 18.0 Å². The third-order valence-corrected chi connectivity index (χ3v) is 6.83. The second-order valence-electron chi connectivity index (χ2n) is 7.52. The van der Waals surface area contributed by atoms with Crippen LogP contribution in [0.4, 0.5) is 0 Å². The number of carbonyl (C=O) groups is 2. The van der Waals surface area contributed by atoms with Crippen molar-refractivity contribution in [1.29, 1.82) is 0 Å². The van der Waals surface area contributed by atoms with Crippen molar-refractivity contribution in [3.8, 4) is 0 Å².